The van der Waals surface area contributed by atoms with Crippen LogP contribution in [0.2, 0.25) is 0 Å². The van der Waals surface area contributed by atoms with Gasteiger partial charge in [0.15, 0.2) is 0 Å². The zero-order valence-corrected chi connectivity index (χ0v) is 13.9. The molecule has 0 radical (unpaired) electrons. The van der Waals surface area contributed by atoms with Gasteiger partial charge in [-0.1, -0.05) is 18.2 Å². The van der Waals surface area contributed by atoms with Gasteiger partial charge in [0, 0.05) is 45.2 Å². The first-order chi connectivity index (χ1) is 11.5. The van der Waals surface area contributed by atoms with Crippen LogP contribution in [-0.2, 0) is 9.59 Å². The highest BCUT2D eigenvalue weighted by atomic mass is 16.5. The molecule has 0 unspecified atom stereocenters. The standard InChI is InChI=1S/C18H23N3O3/c1-13(22)21-7-6-20(10-16(11-21)18(19)23)9-14-8-15-4-2-3-5-17(15)24-12-14/h2-5,8,16H,6-7,9-12H2,1H3,(H2,19,23)/t16-/m0/s1. The van der Waals surface area contributed by atoms with Crippen LogP contribution < -0.4 is 10.5 Å². The fourth-order valence-electron chi connectivity index (χ4n) is 3.23. The molecule has 2 N–H and O–H groups in total. The lowest BCUT2D eigenvalue weighted by Crippen LogP contribution is -2.40. The van der Waals surface area contributed by atoms with Crippen LogP contribution in [0.4, 0.5) is 0 Å². The van der Waals surface area contributed by atoms with Crippen LogP contribution in [-0.4, -0.2) is 60.9 Å². The van der Waals surface area contributed by atoms with Gasteiger partial charge in [0.2, 0.25) is 11.8 Å². The van der Waals surface area contributed by atoms with Crippen molar-refractivity contribution in [1.29, 1.82) is 0 Å². The Morgan fingerprint density at radius 1 is 1.25 bits per heavy atom. The Bertz CT molecular complexity index is 671. The van der Waals surface area contributed by atoms with Crippen molar-refractivity contribution < 1.29 is 14.3 Å². The predicted molar refractivity (Wildman–Crippen MR) is 91.3 cm³/mol. The van der Waals surface area contributed by atoms with Crippen molar-refractivity contribution in [2.75, 3.05) is 39.3 Å². The minimum absolute atomic E-state index is 0.0164. The Kier molecular flexibility index (Phi) is 4.85. The highest BCUT2D eigenvalue weighted by Crippen LogP contribution is 2.26. The summed E-state index contributed by atoms with van der Waals surface area (Å²) in [5.74, 6) is 0.188. The quantitative estimate of drug-likeness (QED) is 0.887. The topological polar surface area (TPSA) is 75.9 Å². The number of carbonyl (C=O) groups excluding carboxylic acids is 2. The molecule has 1 saturated heterocycles. The Labute approximate surface area is 141 Å². The van der Waals surface area contributed by atoms with Gasteiger partial charge < -0.3 is 15.4 Å². The lowest BCUT2D eigenvalue weighted by Gasteiger charge is -2.25. The molecule has 1 aromatic rings. The van der Waals surface area contributed by atoms with Crippen molar-refractivity contribution in [2.24, 2.45) is 11.7 Å². The number of para-hydroxylation sites is 1. The highest BCUT2D eigenvalue weighted by Gasteiger charge is 2.28. The van der Waals surface area contributed by atoms with Crippen molar-refractivity contribution >= 4 is 17.9 Å². The number of carbonyl (C=O) groups is 2. The van der Waals surface area contributed by atoms with Crippen molar-refractivity contribution in [3.63, 3.8) is 0 Å². The second kappa shape index (κ2) is 7.05. The molecule has 24 heavy (non-hydrogen) atoms. The zero-order valence-electron chi connectivity index (χ0n) is 13.9. The molecule has 0 spiro atoms. The van der Waals surface area contributed by atoms with E-state index >= 15 is 0 Å². The fraction of sp³-hybridized carbons (Fsp3) is 0.444. The van der Waals surface area contributed by atoms with E-state index in [1.807, 2.05) is 24.3 Å². The Morgan fingerprint density at radius 3 is 2.79 bits per heavy atom. The van der Waals surface area contributed by atoms with E-state index in [2.05, 4.69) is 11.0 Å². The van der Waals surface area contributed by atoms with E-state index in [1.54, 1.807) is 4.90 Å². The normalized spacial score (nSPS) is 21.3. The van der Waals surface area contributed by atoms with Crippen LogP contribution >= 0.6 is 0 Å². The van der Waals surface area contributed by atoms with E-state index in [1.165, 1.54) is 6.92 Å². The van der Waals surface area contributed by atoms with E-state index in [0.29, 0.717) is 32.8 Å². The van der Waals surface area contributed by atoms with Gasteiger partial charge in [-0.25, -0.2) is 0 Å². The third-order valence-electron chi connectivity index (χ3n) is 4.57. The van der Waals surface area contributed by atoms with Crippen LogP contribution in [0.3, 0.4) is 0 Å². The second-order valence-corrected chi connectivity index (χ2v) is 6.43. The van der Waals surface area contributed by atoms with Crippen molar-refractivity contribution in [2.45, 2.75) is 6.92 Å². The summed E-state index contributed by atoms with van der Waals surface area (Å²) in [6.45, 7) is 5.10. The summed E-state index contributed by atoms with van der Waals surface area (Å²) in [5, 5.41) is 0. The van der Waals surface area contributed by atoms with Gasteiger partial charge in [0.1, 0.15) is 12.4 Å². The van der Waals surface area contributed by atoms with Gasteiger partial charge in [-0.05, 0) is 17.7 Å². The molecule has 6 heteroatoms. The van der Waals surface area contributed by atoms with Crippen molar-refractivity contribution in [3.8, 4) is 5.75 Å². The molecule has 1 atom stereocenters. The average molecular weight is 329 g/mol. The van der Waals surface area contributed by atoms with Gasteiger partial charge in [-0.3, -0.25) is 14.5 Å². The van der Waals surface area contributed by atoms with E-state index in [-0.39, 0.29) is 17.7 Å². The molecular weight excluding hydrogens is 306 g/mol. The first-order valence-corrected chi connectivity index (χ1v) is 8.21. The predicted octanol–water partition coefficient (Wildman–Crippen LogP) is 0.728. The number of nitrogens with two attached hydrogens (primary N) is 1. The van der Waals surface area contributed by atoms with E-state index in [9.17, 15) is 9.59 Å². The van der Waals surface area contributed by atoms with Gasteiger partial charge in [-0.15, -0.1) is 0 Å². The van der Waals surface area contributed by atoms with Crippen LogP contribution in [0.25, 0.3) is 6.08 Å². The molecule has 3 rings (SSSR count). The summed E-state index contributed by atoms with van der Waals surface area (Å²) in [5.41, 5.74) is 7.75. The summed E-state index contributed by atoms with van der Waals surface area (Å²) in [7, 11) is 0. The van der Waals surface area contributed by atoms with Gasteiger partial charge in [-0.2, -0.15) is 0 Å². The maximum Gasteiger partial charge on any atom is 0.223 e. The molecule has 128 valence electrons. The lowest BCUT2D eigenvalue weighted by molar-refractivity contribution is -0.130. The fourth-order valence-corrected chi connectivity index (χ4v) is 3.23. The molecule has 6 nitrogen and oxygen atoms in total. The molecule has 0 aromatic heterocycles. The smallest absolute Gasteiger partial charge is 0.223 e. The van der Waals surface area contributed by atoms with Crippen LogP contribution in [0.1, 0.15) is 12.5 Å². The monoisotopic (exact) mass is 329 g/mol. The number of ether oxygens (including phenoxy) is 1. The first kappa shape index (κ1) is 16.5. The van der Waals surface area contributed by atoms with E-state index in [4.69, 9.17) is 10.5 Å². The SMILES string of the molecule is CC(=O)N1CCN(CC2=Cc3ccccc3OC2)C[C@H](C(N)=O)C1. The summed E-state index contributed by atoms with van der Waals surface area (Å²) >= 11 is 0. The molecule has 0 aliphatic carbocycles. The van der Waals surface area contributed by atoms with Crippen molar-refractivity contribution in [1.82, 2.24) is 9.80 Å². The molecule has 1 fully saturated rings. The number of fused-ring (bicyclic) bond motifs is 1. The number of nitrogens with zero attached hydrogens (tertiary/aromatic N) is 2. The van der Waals surface area contributed by atoms with Crippen LogP contribution in [0, 0.1) is 5.92 Å². The molecule has 2 amide bonds. The number of benzene rings is 1. The van der Waals surface area contributed by atoms with E-state index in [0.717, 1.165) is 23.4 Å². The molecule has 0 bridgehead atoms. The maximum absolute atomic E-state index is 11.7. The summed E-state index contributed by atoms with van der Waals surface area (Å²) < 4.78 is 5.79. The third kappa shape index (κ3) is 3.76. The maximum atomic E-state index is 11.7. The molecule has 1 aromatic carbocycles. The molecular formula is C18H23N3O3. The Morgan fingerprint density at radius 2 is 2.04 bits per heavy atom. The van der Waals surface area contributed by atoms with Crippen molar-refractivity contribution in [3.05, 3.63) is 35.4 Å². The molecule has 2 aliphatic heterocycles. The largest absolute Gasteiger partial charge is 0.489 e. The van der Waals surface area contributed by atoms with Gasteiger partial charge >= 0.3 is 0 Å². The lowest BCUT2D eigenvalue weighted by atomic mass is 10.1. The number of amides is 2. The minimum atomic E-state index is -0.354. The summed E-state index contributed by atoms with van der Waals surface area (Å²) in [6, 6.07) is 7.94. The highest BCUT2D eigenvalue weighted by molar-refractivity contribution is 5.79. The second-order valence-electron chi connectivity index (χ2n) is 6.43. The number of primary amides is 1. The van der Waals surface area contributed by atoms with Crippen LogP contribution in [0.5, 0.6) is 5.75 Å². The summed E-state index contributed by atoms with van der Waals surface area (Å²) in [6.07, 6.45) is 2.14. The average Bonchev–Trinajstić information content (AvgIpc) is 2.78. The van der Waals surface area contributed by atoms with Crippen LogP contribution in [0.15, 0.2) is 29.8 Å². The molecule has 0 saturated carbocycles. The summed E-state index contributed by atoms with van der Waals surface area (Å²) in [4.78, 5) is 27.3. The van der Waals surface area contributed by atoms with Gasteiger partial charge in [0.05, 0.1) is 5.92 Å². The number of rotatable bonds is 3. The Balaban J connectivity index is 1.71. The molecule has 2 aliphatic rings. The number of hydrogen-bond acceptors (Lipinski definition) is 4. The van der Waals surface area contributed by atoms with Gasteiger partial charge in [0.25, 0.3) is 0 Å². The third-order valence-corrected chi connectivity index (χ3v) is 4.57. The zero-order chi connectivity index (χ0) is 17.1. The minimum Gasteiger partial charge on any atom is -0.489 e. The number of hydrogen-bond donors (Lipinski definition) is 1. The molecule has 2 heterocycles. The first-order valence-electron chi connectivity index (χ1n) is 8.21. The van der Waals surface area contributed by atoms with E-state index < -0.39 is 0 Å². The Hall–Kier alpha value is -2.34.